The van der Waals surface area contributed by atoms with Crippen LogP contribution in [0.5, 0.6) is 0 Å². The Morgan fingerprint density at radius 1 is 1.12 bits per heavy atom. The van der Waals surface area contributed by atoms with Gasteiger partial charge in [-0.15, -0.1) is 12.4 Å². The molecule has 3 rings (SSSR count). The average molecular weight is 351 g/mol. The van der Waals surface area contributed by atoms with Gasteiger partial charge < -0.3 is 10.6 Å². The van der Waals surface area contributed by atoms with E-state index in [2.05, 4.69) is 36.9 Å². The summed E-state index contributed by atoms with van der Waals surface area (Å²) in [5.41, 5.74) is 10.1. The molecule has 1 aromatic rings. The minimum Gasteiger partial charge on any atom is -0.335 e. The number of hydrogen-bond donors (Lipinski definition) is 1. The summed E-state index contributed by atoms with van der Waals surface area (Å²) >= 11 is 0. The highest BCUT2D eigenvalue weighted by atomic mass is 35.5. The van der Waals surface area contributed by atoms with E-state index in [0.29, 0.717) is 5.91 Å². The van der Waals surface area contributed by atoms with Crippen molar-refractivity contribution in [2.45, 2.75) is 70.9 Å². The van der Waals surface area contributed by atoms with Gasteiger partial charge in [0.2, 0.25) is 5.91 Å². The lowest BCUT2D eigenvalue weighted by molar-refractivity contribution is -0.140. The highest BCUT2D eigenvalue weighted by Gasteiger charge is 2.34. The van der Waals surface area contributed by atoms with Gasteiger partial charge in [-0.25, -0.2) is 0 Å². The monoisotopic (exact) mass is 350 g/mol. The van der Waals surface area contributed by atoms with Crippen molar-refractivity contribution >= 4 is 18.3 Å². The normalized spacial score (nSPS) is 27.5. The van der Waals surface area contributed by atoms with Gasteiger partial charge in [0.15, 0.2) is 0 Å². The van der Waals surface area contributed by atoms with Crippen LogP contribution in [-0.4, -0.2) is 23.4 Å². The number of benzene rings is 1. The summed E-state index contributed by atoms with van der Waals surface area (Å²) in [6.07, 6.45) is 7.49. The van der Waals surface area contributed by atoms with Gasteiger partial charge in [0.1, 0.15) is 0 Å². The van der Waals surface area contributed by atoms with E-state index in [0.717, 1.165) is 45.1 Å². The van der Waals surface area contributed by atoms with E-state index in [-0.39, 0.29) is 30.4 Å². The molecule has 134 valence electrons. The van der Waals surface area contributed by atoms with Crippen LogP contribution in [0.2, 0.25) is 0 Å². The number of nitrogens with zero attached hydrogens (tertiary/aromatic N) is 1. The first-order valence-corrected chi connectivity index (χ1v) is 9.20. The molecule has 0 radical (unpaired) electrons. The first-order valence-electron chi connectivity index (χ1n) is 9.20. The molecule has 3 unspecified atom stereocenters. The number of piperidine rings is 1. The quantitative estimate of drug-likeness (QED) is 0.864. The lowest BCUT2D eigenvalue weighted by Crippen LogP contribution is -2.44. The summed E-state index contributed by atoms with van der Waals surface area (Å²) < 4.78 is 0. The molecule has 1 saturated heterocycles. The number of carbonyl (C=O) groups excluding carboxylic acids is 1. The lowest BCUT2D eigenvalue weighted by Gasteiger charge is -2.40. The van der Waals surface area contributed by atoms with E-state index in [1.807, 2.05) is 0 Å². The number of rotatable bonds is 2. The highest BCUT2D eigenvalue weighted by molar-refractivity contribution is 5.85. The van der Waals surface area contributed by atoms with Crippen LogP contribution in [0.25, 0.3) is 0 Å². The molecule has 2 fully saturated rings. The van der Waals surface area contributed by atoms with Crippen LogP contribution in [0.3, 0.4) is 0 Å². The fourth-order valence-electron chi connectivity index (χ4n) is 4.34. The highest BCUT2D eigenvalue weighted by Crippen LogP contribution is 2.36. The van der Waals surface area contributed by atoms with Crippen LogP contribution >= 0.6 is 12.4 Å². The standard InChI is InChI=1S/C20H30N2O.ClH/c1-14-7-5-10-18(15(14)2)19-11-3-4-12-22(19)20(23)16-8-6-9-17(21)13-16;/h5,7,10,16-17,19H,3-4,6,8-9,11-13,21H2,1-2H3;1H. The minimum absolute atomic E-state index is 0. The second-order valence-electron chi connectivity index (χ2n) is 7.46. The van der Waals surface area contributed by atoms with Crippen molar-refractivity contribution in [2.75, 3.05) is 6.54 Å². The summed E-state index contributed by atoms with van der Waals surface area (Å²) in [5.74, 6) is 0.496. The number of amides is 1. The maximum atomic E-state index is 13.1. The molecule has 2 N–H and O–H groups in total. The Balaban J connectivity index is 0.00000208. The van der Waals surface area contributed by atoms with Crippen LogP contribution in [-0.2, 0) is 4.79 Å². The maximum absolute atomic E-state index is 13.1. The van der Waals surface area contributed by atoms with Gasteiger partial charge in [0.25, 0.3) is 0 Å². The molecule has 24 heavy (non-hydrogen) atoms. The van der Waals surface area contributed by atoms with Crippen LogP contribution < -0.4 is 5.73 Å². The number of carbonyl (C=O) groups is 1. The molecule has 0 aromatic heterocycles. The summed E-state index contributed by atoms with van der Waals surface area (Å²) in [5, 5.41) is 0. The van der Waals surface area contributed by atoms with Gasteiger partial charge >= 0.3 is 0 Å². The largest absolute Gasteiger partial charge is 0.335 e. The van der Waals surface area contributed by atoms with Gasteiger partial charge in [-0.3, -0.25) is 4.79 Å². The van der Waals surface area contributed by atoms with Gasteiger partial charge in [-0.05, 0) is 69.1 Å². The zero-order valence-corrected chi connectivity index (χ0v) is 15.8. The molecule has 1 aromatic carbocycles. The maximum Gasteiger partial charge on any atom is 0.226 e. The van der Waals surface area contributed by atoms with Crippen LogP contribution in [0, 0.1) is 19.8 Å². The molecule has 1 amide bonds. The van der Waals surface area contributed by atoms with Gasteiger partial charge in [-0.1, -0.05) is 24.6 Å². The van der Waals surface area contributed by atoms with E-state index in [4.69, 9.17) is 5.73 Å². The molecule has 1 aliphatic heterocycles. The van der Waals surface area contributed by atoms with Crippen molar-refractivity contribution in [3.05, 3.63) is 34.9 Å². The molecule has 3 atom stereocenters. The third kappa shape index (κ3) is 3.94. The van der Waals surface area contributed by atoms with E-state index in [1.165, 1.54) is 23.1 Å². The summed E-state index contributed by atoms with van der Waals surface area (Å²) in [7, 11) is 0. The molecule has 1 aliphatic carbocycles. The fourth-order valence-corrected chi connectivity index (χ4v) is 4.34. The van der Waals surface area contributed by atoms with Crippen LogP contribution in [0.1, 0.15) is 67.7 Å². The molecule has 2 aliphatic rings. The Labute approximate surface area is 152 Å². The van der Waals surface area contributed by atoms with Crippen molar-refractivity contribution in [1.82, 2.24) is 4.90 Å². The van der Waals surface area contributed by atoms with Crippen molar-refractivity contribution in [1.29, 1.82) is 0 Å². The first-order chi connectivity index (χ1) is 11.1. The van der Waals surface area contributed by atoms with Crippen LogP contribution in [0.15, 0.2) is 18.2 Å². The number of aryl methyl sites for hydroxylation is 1. The lowest BCUT2D eigenvalue weighted by atomic mass is 9.83. The zero-order valence-electron chi connectivity index (χ0n) is 15.0. The van der Waals surface area contributed by atoms with Crippen molar-refractivity contribution < 1.29 is 4.79 Å². The molecular formula is C20H31ClN2O. The minimum atomic E-state index is 0. The number of hydrogen-bond acceptors (Lipinski definition) is 2. The molecule has 1 saturated carbocycles. The molecule has 1 heterocycles. The molecule has 4 heteroatoms. The van der Waals surface area contributed by atoms with Gasteiger partial charge in [0, 0.05) is 18.5 Å². The molecule has 3 nitrogen and oxygen atoms in total. The third-order valence-electron chi connectivity index (χ3n) is 5.86. The Kier molecular flexibility index (Phi) is 6.70. The zero-order chi connectivity index (χ0) is 16.4. The second-order valence-corrected chi connectivity index (χ2v) is 7.46. The Bertz CT molecular complexity index is 575. The van der Waals surface area contributed by atoms with Gasteiger partial charge in [-0.2, -0.15) is 0 Å². The number of likely N-dealkylation sites (tertiary alicyclic amines) is 1. The summed E-state index contributed by atoms with van der Waals surface area (Å²) in [6.45, 7) is 5.26. The van der Waals surface area contributed by atoms with Crippen molar-refractivity contribution in [3.8, 4) is 0 Å². The fraction of sp³-hybridized carbons (Fsp3) is 0.650. The van der Waals surface area contributed by atoms with Crippen LogP contribution in [0.4, 0.5) is 0 Å². The van der Waals surface area contributed by atoms with Crippen molar-refractivity contribution in [2.24, 2.45) is 11.7 Å². The average Bonchev–Trinajstić information content (AvgIpc) is 2.57. The topological polar surface area (TPSA) is 46.3 Å². The van der Waals surface area contributed by atoms with Gasteiger partial charge in [0.05, 0.1) is 6.04 Å². The van der Waals surface area contributed by atoms with E-state index < -0.39 is 0 Å². The molecular weight excluding hydrogens is 320 g/mol. The predicted octanol–water partition coefficient (Wildman–Crippen LogP) is 4.30. The van der Waals surface area contributed by atoms with E-state index in [9.17, 15) is 4.79 Å². The number of nitrogens with two attached hydrogens (primary N) is 1. The first kappa shape index (κ1) is 19.3. The van der Waals surface area contributed by atoms with E-state index in [1.54, 1.807) is 0 Å². The second kappa shape index (κ2) is 8.35. The SMILES string of the molecule is Cc1cccc(C2CCCCN2C(=O)C2CCCC(N)C2)c1C.Cl. The smallest absolute Gasteiger partial charge is 0.226 e. The molecule has 0 spiro atoms. The Morgan fingerprint density at radius 2 is 1.92 bits per heavy atom. The summed E-state index contributed by atoms with van der Waals surface area (Å²) in [4.78, 5) is 15.3. The van der Waals surface area contributed by atoms with E-state index >= 15 is 0 Å². The third-order valence-corrected chi connectivity index (χ3v) is 5.86. The predicted molar refractivity (Wildman–Crippen MR) is 101 cm³/mol. The Morgan fingerprint density at radius 3 is 2.67 bits per heavy atom. The number of halogens is 1. The summed E-state index contributed by atoms with van der Waals surface area (Å²) in [6, 6.07) is 6.97. The molecule has 0 bridgehead atoms. The van der Waals surface area contributed by atoms with Crippen molar-refractivity contribution in [3.63, 3.8) is 0 Å². The Hall–Kier alpha value is -1.06.